The second-order valence-corrected chi connectivity index (χ2v) is 29.3. The van der Waals surface area contributed by atoms with Crippen LogP contribution in [0.4, 0.5) is 34.1 Å². The molecule has 85 heavy (non-hydrogen) atoms. The molecule has 0 fully saturated rings. The maximum atomic E-state index is 7.31. The van der Waals surface area contributed by atoms with Crippen LogP contribution in [0.25, 0.3) is 61.2 Å². The highest BCUT2D eigenvalue weighted by atomic mass is 16.5. The average molecular weight is 1120 g/mol. The zero-order chi connectivity index (χ0) is 59.3. The quantitative estimate of drug-likeness (QED) is 0.160. The van der Waals surface area contributed by atoms with Crippen molar-refractivity contribution in [1.82, 2.24) is 9.55 Å². The summed E-state index contributed by atoms with van der Waals surface area (Å²) in [6, 6.07) is 56.9. The van der Waals surface area contributed by atoms with Gasteiger partial charge in [0, 0.05) is 22.1 Å². The van der Waals surface area contributed by atoms with Crippen molar-refractivity contribution in [3.63, 3.8) is 0 Å². The number of aromatic nitrogens is 2. The molecule has 0 bridgehead atoms. The molecule has 0 spiro atoms. The van der Waals surface area contributed by atoms with Crippen LogP contribution in [-0.4, -0.2) is 16.3 Å². The van der Waals surface area contributed by atoms with Crippen LogP contribution in [-0.2, 0) is 21.7 Å². The van der Waals surface area contributed by atoms with Crippen molar-refractivity contribution in [2.75, 3.05) is 9.80 Å². The molecular weight excluding hydrogens is 1040 g/mol. The average Bonchev–Trinajstić information content (AvgIpc) is 1.51. The molecule has 0 saturated carbocycles. The van der Waals surface area contributed by atoms with Crippen LogP contribution in [0.2, 0.25) is 0 Å². The van der Waals surface area contributed by atoms with E-state index in [-0.39, 0.29) is 28.4 Å². The molecule has 4 aliphatic rings. The highest BCUT2D eigenvalue weighted by Crippen LogP contribution is 2.59. The molecule has 0 unspecified atom stereocenters. The van der Waals surface area contributed by atoms with Crippen molar-refractivity contribution in [1.29, 1.82) is 0 Å². The summed E-state index contributed by atoms with van der Waals surface area (Å²) < 4.78 is 24.3. The largest absolute Gasteiger partial charge is 0.455 e. The van der Waals surface area contributed by atoms with Crippen LogP contribution >= 0.6 is 0 Å². The number of nitrogens with zero attached hydrogens (tertiary/aromatic N) is 4. The van der Waals surface area contributed by atoms with E-state index in [1.165, 1.54) is 55.5 Å². The molecule has 0 radical (unpaired) electrons. The Morgan fingerprint density at radius 3 is 1.48 bits per heavy atom. The maximum absolute atomic E-state index is 7.31. The Morgan fingerprint density at radius 2 is 0.953 bits per heavy atom. The zero-order valence-corrected chi connectivity index (χ0v) is 52.2. The lowest BCUT2D eigenvalue weighted by atomic mass is 9.33. The van der Waals surface area contributed by atoms with Crippen molar-refractivity contribution < 1.29 is 13.9 Å². The summed E-state index contributed by atoms with van der Waals surface area (Å²) in [5.74, 6) is 4.92. The van der Waals surface area contributed by atoms with Gasteiger partial charge >= 0.3 is 0 Å². The van der Waals surface area contributed by atoms with Crippen molar-refractivity contribution in [3.05, 3.63) is 185 Å². The fraction of sp³-hybridized carbons (Fsp3) is 0.286. The molecular formula is C77H75BN4O3. The molecule has 4 aliphatic heterocycles. The fourth-order valence-corrected chi connectivity index (χ4v) is 14.0. The molecule has 2 aromatic heterocycles. The minimum Gasteiger partial charge on any atom is -0.455 e. The summed E-state index contributed by atoms with van der Waals surface area (Å²) in [6.45, 7) is 36.6. The van der Waals surface area contributed by atoms with Gasteiger partial charge in [-0.2, -0.15) is 0 Å². The molecule has 8 heteroatoms. The van der Waals surface area contributed by atoms with Crippen molar-refractivity contribution in [2.45, 2.75) is 144 Å². The third-order valence-electron chi connectivity index (χ3n) is 18.7. The summed E-state index contributed by atoms with van der Waals surface area (Å²) >= 11 is 0. The van der Waals surface area contributed by atoms with Gasteiger partial charge in [0.25, 0.3) is 6.71 Å². The smallest absolute Gasteiger partial charge is 0.252 e. The lowest BCUT2D eigenvalue weighted by Gasteiger charge is -2.48. The summed E-state index contributed by atoms with van der Waals surface area (Å²) in [4.78, 5) is 10.5. The number of ether oxygens (including phenoxy) is 2. The number of benzene rings is 9. The standard InChI is InChI=1S/C77H75BN4O3/c1-42(2)50-21-19-22-51(43(3)4)69(50)82-58-26-18-17-25-57(58)79-73(82)54-24-20-23-53-52-30-27-44(35-63(52)85-72(53)54)45-33-61-68-62(34-45)81-60-32-29-47(75(8,9)10)39-65(60)84-67-41-49(77(14,15)16)37-56(71(67)81)78(68)55-36-48(76(11,12)13)40-66-70(55)80(61)59-31-28-46(74(5,6)7)38-64(59)83-66/h17-43H,1-16H3. The second kappa shape index (κ2) is 18.0. The van der Waals surface area contributed by atoms with Gasteiger partial charge in [-0.15, -0.1) is 0 Å². The van der Waals surface area contributed by atoms with E-state index in [9.17, 15) is 0 Å². The number of imidazole rings is 1. The van der Waals surface area contributed by atoms with E-state index in [0.29, 0.717) is 11.8 Å². The zero-order valence-electron chi connectivity index (χ0n) is 52.2. The number of hydrogen-bond donors (Lipinski definition) is 0. The van der Waals surface area contributed by atoms with Gasteiger partial charge in [0.15, 0.2) is 23.0 Å². The molecule has 0 N–H and O–H groups in total. The minimum absolute atomic E-state index is 0.0899. The summed E-state index contributed by atoms with van der Waals surface area (Å²) in [6.07, 6.45) is 0. The highest BCUT2D eigenvalue weighted by Gasteiger charge is 2.50. The number of rotatable bonds is 5. The number of para-hydroxylation sites is 4. The molecule has 6 heterocycles. The van der Waals surface area contributed by atoms with Gasteiger partial charge in [0.05, 0.1) is 45.0 Å². The first kappa shape index (κ1) is 53.3. The number of furan rings is 1. The van der Waals surface area contributed by atoms with E-state index in [0.717, 1.165) is 113 Å². The third kappa shape index (κ3) is 8.02. The molecule has 424 valence electrons. The Labute approximate surface area is 501 Å². The normalized spacial score (nSPS) is 14.2. The van der Waals surface area contributed by atoms with Gasteiger partial charge in [0.1, 0.15) is 17.0 Å². The van der Waals surface area contributed by atoms with Crippen LogP contribution in [0.15, 0.2) is 156 Å². The van der Waals surface area contributed by atoms with E-state index in [1.54, 1.807) is 0 Å². The van der Waals surface area contributed by atoms with E-state index in [4.69, 9.17) is 18.9 Å². The SMILES string of the molecule is CC(C)c1cccc(C(C)C)c1-n1c(-c2cccc3c2oc2cc(-c4cc5c6c(c4)N4c7ccc(C(C)(C)C)cc7Oc7cc(C(C)(C)C)cc(c74)B6c4cc(C(C)(C)C)cc6c4N5c4ccc(C(C)(C)C)cc4O6)ccc23)nc2ccccc21. The fourth-order valence-electron chi connectivity index (χ4n) is 14.0. The van der Waals surface area contributed by atoms with E-state index in [2.05, 4.69) is 277 Å². The number of fused-ring (bicyclic) bond motifs is 12. The molecule has 0 atom stereocenters. The lowest BCUT2D eigenvalue weighted by Crippen LogP contribution is -2.62. The first-order valence-electron chi connectivity index (χ1n) is 30.7. The maximum Gasteiger partial charge on any atom is 0.252 e. The first-order valence-corrected chi connectivity index (χ1v) is 30.7. The van der Waals surface area contributed by atoms with Crippen LogP contribution in [0.5, 0.6) is 23.0 Å². The number of anilines is 6. The van der Waals surface area contributed by atoms with Crippen molar-refractivity contribution >= 4 is 90.2 Å². The minimum atomic E-state index is -0.165. The molecule has 9 aromatic carbocycles. The molecule has 0 saturated heterocycles. The van der Waals surface area contributed by atoms with Gasteiger partial charge in [-0.1, -0.05) is 184 Å². The Hall–Kier alpha value is -8.49. The van der Waals surface area contributed by atoms with E-state index < -0.39 is 0 Å². The summed E-state index contributed by atoms with van der Waals surface area (Å²) in [5.41, 5.74) is 25.2. The summed E-state index contributed by atoms with van der Waals surface area (Å²) in [5, 5.41) is 2.11. The van der Waals surface area contributed by atoms with Crippen LogP contribution < -0.4 is 35.7 Å². The first-order chi connectivity index (χ1) is 40.3. The molecule has 7 nitrogen and oxygen atoms in total. The Kier molecular flexibility index (Phi) is 11.3. The van der Waals surface area contributed by atoms with Crippen LogP contribution in [0, 0.1) is 0 Å². The second-order valence-electron chi connectivity index (χ2n) is 29.3. The predicted molar refractivity (Wildman–Crippen MR) is 356 cm³/mol. The van der Waals surface area contributed by atoms with Gasteiger partial charge in [0.2, 0.25) is 0 Å². The Balaban J connectivity index is 1.00. The molecule has 0 aliphatic carbocycles. The van der Waals surface area contributed by atoms with Crippen LogP contribution in [0.1, 0.15) is 156 Å². The van der Waals surface area contributed by atoms with Gasteiger partial charge in [-0.3, -0.25) is 4.57 Å². The van der Waals surface area contributed by atoms with E-state index >= 15 is 0 Å². The molecule has 15 rings (SSSR count). The van der Waals surface area contributed by atoms with E-state index in [1.807, 2.05) is 0 Å². The predicted octanol–water partition coefficient (Wildman–Crippen LogP) is 20.0. The molecule has 0 amide bonds. The lowest BCUT2D eigenvalue weighted by molar-refractivity contribution is 0.469. The monoisotopic (exact) mass is 1110 g/mol. The Bertz CT molecular complexity index is 4490. The third-order valence-corrected chi connectivity index (χ3v) is 18.7. The topological polar surface area (TPSA) is 55.9 Å². The van der Waals surface area contributed by atoms with Crippen molar-refractivity contribution in [2.24, 2.45) is 0 Å². The van der Waals surface area contributed by atoms with Gasteiger partial charge < -0.3 is 23.7 Å². The van der Waals surface area contributed by atoms with Crippen LogP contribution in [0.3, 0.4) is 0 Å². The molecule has 11 aromatic rings. The van der Waals surface area contributed by atoms with Gasteiger partial charge in [-0.05, 0) is 173 Å². The Morgan fingerprint density at radius 1 is 0.435 bits per heavy atom. The highest BCUT2D eigenvalue weighted by molar-refractivity contribution is 7.00. The van der Waals surface area contributed by atoms with Gasteiger partial charge in [-0.25, -0.2) is 4.98 Å². The van der Waals surface area contributed by atoms with Crippen molar-refractivity contribution in [3.8, 4) is 51.2 Å². The summed E-state index contributed by atoms with van der Waals surface area (Å²) in [7, 11) is 0. The number of hydrogen-bond acceptors (Lipinski definition) is 6.